The Balaban J connectivity index is 1.91. The van der Waals surface area contributed by atoms with Crippen LogP contribution < -0.4 is 15.4 Å². The predicted molar refractivity (Wildman–Crippen MR) is 137 cm³/mol. The van der Waals surface area contributed by atoms with Gasteiger partial charge < -0.3 is 20.1 Å². The number of amides is 2. The number of halogens is 3. The molecule has 0 radical (unpaired) electrons. The number of benzene rings is 2. The molecule has 0 fully saturated rings. The first-order valence-corrected chi connectivity index (χ1v) is 12.5. The fraction of sp³-hybridized carbons (Fsp3) is 0.217. The van der Waals surface area contributed by atoms with Gasteiger partial charge in [-0.05, 0) is 51.8 Å². The Morgan fingerprint density at radius 3 is 2.54 bits per heavy atom. The Kier molecular flexibility index (Phi) is 9.08. The van der Waals surface area contributed by atoms with Crippen molar-refractivity contribution in [3.05, 3.63) is 67.1 Å². The molecular formula is C23H18BrCl2N3O5S. The summed E-state index contributed by atoms with van der Waals surface area (Å²) in [5.74, 6) is -3.61. The molecule has 12 heteroatoms. The number of carbonyl (C=O) groups excluding carboxylic acids is 3. The van der Waals surface area contributed by atoms with Gasteiger partial charge in [0.15, 0.2) is 0 Å². The third kappa shape index (κ3) is 6.11. The summed E-state index contributed by atoms with van der Waals surface area (Å²) in [6, 6.07) is 11.7. The van der Waals surface area contributed by atoms with Crippen LogP contribution in [-0.4, -0.2) is 37.8 Å². The molecule has 2 aromatic rings. The van der Waals surface area contributed by atoms with Crippen molar-refractivity contribution in [1.82, 2.24) is 5.32 Å². The van der Waals surface area contributed by atoms with Gasteiger partial charge in [-0.15, -0.1) is 0 Å². The second-order valence-electron chi connectivity index (χ2n) is 7.18. The Morgan fingerprint density at radius 1 is 1.20 bits per heavy atom. The normalized spacial score (nSPS) is 17.3. The second-order valence-corrected chi connectivity index (χ2v) is 9.84. The number of ether oxygens (including phenoxy) is 2. The number of hydrogen-bond donors (Lipinski definition) is 2. The highest BCUT2D eigenvalue weighted by molar-refractivity contribution is 9.10. The van der Waals surface area contributed by atoms with Crippen molar-refractivity contribution in [3.8, 4) is 11.8 Å². The summed E-state index contributed by atoms with van der Waals surface area (Å²) in [6.07, 6.45) is 0. The number of rotatable bonds is 7. The third-order valence-electron chi connectivity index (χ3n) is 5.07. The van der Waals surface area contributed by atoms with E-state index >= 15 is 0 Å². The van der Waals surface area contributed by atoms with Gasteiger partial charge in [0.05, 0.1) is 51.2 Å². The zero-order valence-electron chi connectivity index (χ0n) is 18.4. The summed E-state index contributed by atoms with van der Waals surface area (Å²) >= 11 is 16.2. The molecule has 0 saturated heterocycles. The van der Waals surface area contributed by atoms with Gasteiger partial charge >= 0.3 is 5.97 Å². The number of methoxy groups -OCH3 is 2. The predicted octanol–water partition coefficient (Wildman–Crippen LogP) is 4.87. The van der Waals surface area contributed by atoms with E-state index in [0.717, 1.165) is 11.8 Å². The highest BCUT2D eigenvalue weighted by Crippen LogP contribution is 2.42. The lowest BCUT2D eigenvalue weighted by atomic mass is 9.78. The number of nitriles is 1. The van der Waals surface area contributed by atoms with Gasteiger partial charge in [0.25, 0.3) is 0 Å². The number of esters is 1. The van der Waals surface area contributed by atoms with Crippen LogP contribution in [0.5, 0.6) is 5.75 Å². The fourth-order valence-electron chi connectivity index (χ4n) is 3.46. The van der Waals surface area contributed by atoms with Crippen LogP contribution in [0.3, 0.4) is 0 Å². The van der Waals surface area contributed by atoms with Crippen LogP contribution in [-0.2, 0) is 19.1 Å². The molecule has 2 aromatic carbocycles. The van der Waals surface area contributed by atoms with Crippen molar-refractivity contribution in [3.63, 3.8) is 0 Å². The van der Waals surface area contributed by atoms with E-state index in [1.807, 2.05) is 0 Å². The number of carbonyl (C=O) groups is 3. The van der Waals surface area contributed by atoms with Gasteiger partial charge in [-0.1, -0.05) is 41.0 Å². The summed E-state index contributed by atoms with van der Waals surface area (Å²) in [5.41, 5.74) is 1.10. The Bertz CT molecular complexity index is 1260. The van der Waals surface area contributed by atoms with Gasteiger partial charge in [0, 0.05) is 11.6 Å². The van der Waals surface area contributed by atoms with Crippen LogP contribution in [0.4, 0.5) is 5.69 Å². The second kappa shape index (κ2) is 11.8. The number of allylic oxidation sites excluding steroid dienone is 1. The molecular weight excluding hydrogens is 581 g/mol. The van der Waals surface area contributed by atoms with E-state index in [0.29, 0.717) is 26.5 Å². The van der Waals surface area contributed by atoms with Gasteiger partial charge in [0.2, 0.25) is 11.8 Å². The molecule has 0 spiro atoms. The van der Waals surface area contributed by atoms with Gasteiger partial charge in [-0.2, -0.15) is 5.26 Å². The number of nitrogens with one attached hydrogen (secondary N) is 2. The molecule has 35 heavy (non-hydrogen) atoms. The SMILES string of the molecule is COC(=O)[C@@H]1C(=O)NC(SCC(=O)Nc2ccc(Cl)c(Cl)c2)=C(C#N)[C@H]1c1ccc(OC)c(Br)c1. The van der Waals surface area contributed by atoms with E-state index in [9.17, 15) is 19.6 Å². The molecule has 3 rings (SSSR count). The average molecular weight is 599 g/mol. The highest BCUT2D eigenvalue weighted by Gasteiger charge is 2.44. The van der Waals surface area contributed by atoms with Gasteiger partial charge in [-0.3, -0.25) is 14.4 Å². The topological polar surface area (TPSA) is 118 Å². The first-order chi connectivity index (χ1) is 16.7. The van der Waals surface area contributed by atoms with Crippen molar-refractivity contribution in [2.24, 2.45) is 5.92 Å². The summed E-state index contributed by atoms with van der Waals surface area (Å²) < 4.78 is 10.7. The highest BCUT2D eigenvalue weighted by atomic mass is 79.9. The first-order valence-electron chi connectivity index (χ1n) is 9.94. The maximum absolute atomic E-state index is 12.9. The fourth-order valence-corrected chi connectivity index (χ4v) is 5.17. The summed E-state index contributed by atoms with van der Waals surface area (Å²) in [6.45, 7) is 0. The van der Waals surface area contributed by atoms with Crippen molar-refractivity contribution in [2.45, 2.75) is 5.92 Å². The molecule has 182 valence electrons. The largest absolute Gasteiger partial charge is 0.496 e. The molecule has 0 aliphatic carbocycles. The summed E-state index contributed by atoms with van der Waals surface area (Å²) in [7, 11) is 2.67. The van der Waals surface area contributed by atoms with E-state index in [4.69, 9.17) is 32.7 Å². The molecule has 2 N–H and O–H groups in total. The van der Waals surface area contributed by atoms with E-state index in [1.165, 1.54) is 20.3 Å². The van der Waals surface area contributed by atoms with Gasteiger partial charge in [-0.25, -0.2) is 0 Å². The standard InChI is InChI=1S/C23H18BrCl2N3O5S/c1-33-17-6-3-11(7-14(17)24)19-13(9-27)22(29-21(31)20(19)23(32)34-2)35-10-18(30)28-12-4-5-15(25)16(26)8-12/h3-8,19-20H,10H2,1-2H3,(H,28,30)(H,29,31)/t19-,20+/m1/s1. The number of nitrogens with zero attached hydrogens (tertiary/aromatic N) is 1. The number of thioether (sulfide) groups is 1. The molecule has 0 saturated carbocycles. The monoisotopic (exact) mass is 597 g/mol. The summed E-state index contributed by atoms with van der Waals surface area (Å²) in [4.78, 5) is 37.9. The van der Waals surface area contributed by atoms with E-state index in [2.05, 4.69) is 32.6 Å². The number of anilines is 1. The lowest BCUT2D eigenvalue weighted by Crippen LogP contribution is -2.44. The first kappa shape index (κ1) is 26.9. The Labute approximate surface area is 224 Å². The Morgan fingerprint density at radius 2 is 1.94 bits per heavy atom. The quantitative estimate of drug-likeness (QED) is 0.345. The molecule has 0 unspecified atom stereocenters. The molecule has 1 heterocycles. The van der Waals surface area contributed by atoms with Crippen molar-refractivity contribution >= 4 is 74.4 Å². The van der Waals surface area contributed by atoms with Crippen LogP contribution in [0.2, 0.25) is 10.0 Å². The molecule has 8 nitrogen and oxygen atoms in total. The minimum absolute atomic E-state index is 0.122. The molecule has 2 amide bonds. The molecule has 1 aliphatic rings. The zero-order chi connectivity index (χ0) is 25.7. The third-order valence-corrected chi connectivity index (χ3v) is 7.45. The van der Waals surface area contributed by atoms with Crippen molar-refractivity contribution in [1.29, 1.82) is 5.26 Å². The van der Waals surface area contributed by atoms with E-state index in [1.54, 1.807) is 30.3 Å². The van der Waals surface area contributed by atoms with Crippen LogP contribution in [0.15, 0.2) is 51.5 Å². The maximum Gasteiger partial charge on any atom is 0.319 e. The van der Waals surface area contributed by atoms with Crippen LogP contribution in [0.1, 0.15) is 11.5 Å². The molecule has 0 aromatic heterocycles. The van der Waals surface area contributed by atoms with Crippen molar-refractivity contribution in [2.75, 3.05) is 25.3 Å². The smallest absolute Gasteiger partial charge is 0.319 e. The van der Waals surface area contributed by atoms with Crippen LogP contribution in [0.25, 0.3) is 0 Å². The minimum Gasteiger partial charge on any atom is -0.496 e. The molecule has 2 atom stereocenters. The molecule has 0 bridgehead atoms. The van der Waals surface area contributed by atoms with Crippen LogP contribution in [0, 0.1) is 17.2 Å². The minimum atomic E-state index is -1.29. The lowest BCUT2D eigenvalue weighted by Gasteiger charge is -2.31. The maximum atomic E-state index is 12.9. The summed E-state index contributed by atoms with van der Waals surface area (Å²) in [5, 5.41) is 16.1. The number of hydrogen-bond acceptors (Lipinski definition) is 7. The van der Waals surface area contributed by atoms with Gasteiger partial charge in [0.1, 0.15) is 11.7 Å². The Hall–Kier alpha value is -2.71. The van der Waals surface area contributed by atoms with E-state index in [-0.39, 0.29) is 21.4 Å². The zero-order valence-corrected chi connectivity index (χ0v) is 22.3. The van der Waals surface area contributed by atoms with Crippen molar-refractivity contribution < 1.29 is 23.9 Å². The lowest BCUT2D eigenvalue weighted by molar-refractivity contribution is -0.150. The van der Waals surface area contributed by atoms with Crippen LogP contribution >= 0.6 is 50.9 Å². The average Bonchev–Trinajstić information content (AvgIpc) is 2.84. The van der Waals surface area contributed by atoms with E-state index < -0.39 is 29.6 Å². The molecule has 1 aliphatic heterocycles.